The standard InChI is InChI=1S/C16H14N6O3/c1-10(23)12-4-2-11(3-5-12)9-22-7-6-13(19-22)14(24)8-15(25)16-17-20-21-18-16/h2-8,25H,9H2,1H3,(H,17,18,20,21). The fourth-order valence-electron chi connectivity index (χ4n) is 2.15. The van der Waals surface area contributed by atoms with Crippen molar-refractivity contribution in [1.29, 1.82) is 0 Å². The molecule has 0 unspecified atom stereocenters. The van der Waals surface area contributed by atoms with E-state index in [1.54, 1.807) is 29.1 Å². The molecule has 0 saturated carbocycles. The zero-order chi connectivity index (χ0) is 17.8. The molecule has 2 aromatic heterocycles. The van der Waals surface area contributed by atoms with Gasteiger partial charge in [0.15, 0.2) is 11.5 Å². The smallest absolute Gasteiger partial charge is 0.239 e. The number of ketones is 2. The fraction of sp³-hybridized carbons (Fsp3) is 0.125. The van der Waals surface area contributed by atoms with Crippen molar-refractivity contribution in [2.75, 3.05) is 0 Å². The minimum atomic E-state index is -0.479. The van der Waals surface area contributed by atoms with Crippen LogP contribution in [0.5, 0.6) is 0 Å². The summed E-state index contributed by atoms with van der Waals surface area (Å²) in [5, 5.41) is 26.6. The number of nitrogens with zero attached hydrogens (tertiary/aromatic N) is 5. The van der Waals surface area contributed by atoms with Gasteiger partial charge in [-0.25, -0.2) is 0 Å². The Morgan fingerprint density at radius 3 is 2.64 bits per heavy atom. The van der Waals surface area contributed by atoms with Crippen LogP contribution in [0.3, 0.4) is 0 Å². The van der Waals surface area contributed by atoms with E-state index in [1.165, 1.54) is 6.92 Å². The van der Waals surface area contributed by atoms with Gasteiger partial charge in [0.1, 0.15) is 5.69 Å². The molecule has 126 valence electrons. The Balaban J connectivity index is 1.70. The average molecular weight is 338 g/mol. The summed E-state index contributed by atoms with van der Waals surface area (Å²) in [5.41, 5.74) is 1.76. The summed E-state index contributed by atoms with van der Waals surface area (Å²) >= 11 is 0. The zero-order valence-electron chi connectivity index (χ0n) is 13.2. The highest BCUT2D eigenvalue weighted by Gasteiger charge is 2.12. The van der Waals surface area contributed by atoms with E-state index in [2.05, 4.69) is 25.7 Å². The van der Waals surface area contributed by atoms with E-state index in [1.807, 2.05) is 12.1 Å². The summed E-state index contributed by atoms with van der Waals surface area (Å²) in [6.07, 6.45) is 2.64. The van der Waals surface area contributed by atoms with Crippen molar-refractivity contribution in [3.05, 3.63) is 65.2 Å². The molecule has 2 heterocycles. The lowest BCUT2D eigenvalue weighted by Gasteiger charge is -2.03. The predicted molar refractivity (Wildman–Crippen MR) is 86.9 cm³/mol. The number of aromatic amines is 1. The number of hydrogen-bond donors (Lipinski definition) is 2. The van der Waals surface area contributed by atoms with Crippen molar-refractivity contribution in [3.8, 4) is 0 Å². The van der Waals surface area contributed by atoms with Gasteiger partial charge in [0.25, 0.3) is 0 Å². The molecule has 0 saturated heterocycles. The topological polar surface area (TPSA) is 127 Å². The largest absolute Gasteiger partial charge is 0.504 e. The molecule has 3 rings (SSSR count). The van der Waals surface area contributed by atoms with Gasteiger partial charge in [0.05, 0.1) is 6.54 Å². The van der Waals surface area contributed by atoms with Gasteiger partial charge in [-0.1, -0.05) is 24.3 Å². The number of nitrogens with one attached hydrogen (secondary N) is 1. The molecule has 25 heavy (non-hydrogen) atoms. The highest BCUT2D eigenvalue weighted by atomic mass is 16.3. The second kappa shape index (κ2) is 6.87. The summed E-state index contributed by atoms with van der Waals surface area (Å²) in [7, 11) is 0. The minimum Gasteiger partial charge on any atom is -0.504 e. The molecule has 1 aromatic carbocycles. The molecular weight excluding hydrogens is 324 g/mol. The van der Waals surface area contributed by atoms with E-state index in [4.69, 9.17) is 0 Å². The van der Waals surface area contributed by atoms with Crippen LogP contribution in [0, 0.1) is 0 Å². The maximum absolute atomic E-state index is 12.1. The Morgan fingerprint density at radius 1 is 1.24 bits per heavy atom. The Hall–Kier alpha value is -3.62. The van der Waals surface area contributed by atoms with Crippen LogP contribution in [0.2, 0.25) is 0 Å². The minimum absolute atomic E-state index is 0.00622. The first-order valence-corrected chi connectivity index (χ1v) is 7.35. The average Bonchev–Trinajstić information content (AvgIpc) is 3.27. The lowest BCUT2D eigenvalue weighted by Crippen LogP contribution is -2.04. The molecule has 3 aromatic rings. The molecule has 0 radical (unpaired) electrons. The molecule has 0 aliphatic rings. The van der Waals surface area contributed by atoms with Gasteiger partial charge in [0.2, 0.25) is 11.6 Å². The number of allylic oxidation sites excluding steroid dienone is 1. The number of rotatable bonds is 6. The first-order chi connectivity index (χ1) is 12.0. The third kappa shape index (κ3) is 3.83. The number of H-pyrrole nitrogens is 1. The van der Waals surface area contributed by atoms with Crippen LogP contribution in [0.15, 0.2) is 42.6 Å². The Bertz CT molecular complexity index is 925. The molecule has 0 atom stereocenters. The van der Waals surface area contributed by atoms with E-state index in [0.717, 1.165) is 11.6 Å². The van der Waals surface area contributed by atoms with E-state index in [0.29, 0.717) is 12.1 Å². The highest BCUT2D eigenvalue weighted by Crippen LogP contribution is 2.09. The van der Waals surface area contributed by atoms with Crippen LogP contribution >= 0.6 is 0 Å². The maximum Gasteiger partial charge on any atom is 0.239 e. The quantitative estimate of drug-likeness (QED) is 0.395. The van der Waals surface area contributed by atoms with E-state index < -0.39 is 11.5 Å². The number of tetrazole rings is 1. The third-order valence-corrected chi connectivity index (χ3v) is 3.44. The van der Waals surface area contributed by atoms with Gasteiger partial charge in [-0.15, -0.1) is 10.2 Å². The van der Waals surface area contributed by atoms with Crippen LogP contribution in [0.4, 0.5) is 0 Å². The van der Waals surface area contributed by atoms with Crippen molar-refractivity contribution in [2.45, 2.75) is 13.5 Å². The van der Waals surface area contributed by atoms with E-state index in [9.17, 15) is 14.7 Å². The molecule has 9 nitrogen and oxygen atoms in total. The summed E-state index contributed by atoms with van der Waals surface area (Å²) in [6, 6.07) is 8.72. The predicted octanol–water partition coefficient (Wildman–Crippen LogP) is 1.43. The molecule has 2 N–H and O–H groups in total. The normalized spacial score (nSPS) is 11.5. The molecule has 0 bridgehead atoms. The van der Waals surface area contributed by atoms with E-state index in [-0.39, 0.29) is 17.3 Å². The van der Waals surface area contributed by atoms with Gasteiger partial charge in [-0.05, 0) is 23.8 Å². The zero-order valence-corrected chi connectivity index (χ0v) is 13.2. The Morgan fingerprint density at radius 2 is 2.00 bits per heavy atom. The van der Waals surface area contributed by atoms with Crippen LogP contribution in [0.25, 0.3) is 5.76 Å². The van der Waals surface area contributed by atoms with Crippen molar-refractivity contribution in [1.82, 2.24) is 30.4 Å². The molecular formula is C16H14N6O3. The lowest BCUT2D eigenvalue weighted by molar-refractivity contribution is 0.101. The lowest BCUT2D eigenvalue weighted by atomic mass is 10.1. The van der Waals surface area contributed by atoms with E-state index >= 15 is 0 Å². The van der Waals surface area contributed by atoms with Crippen LogP contribution < -0.4 is 0 Å². The number of hydrogen-bond acceptors (Lipinski definition) is 7. The second-order valence-corrected chi connectivity index (χ2v) is 5.28. The molecule has 9 heteroatoms. The molecule has 0 spiro atoms. The fourth-order valence-corrected chi connectivity index (χ4v) is 2.15. The number of carbonyl (C=O) groups is 2. The number of aromatic nitrogens is 6. The Labute approximate surface area is 142 Å². The van der Waals surface area contributed by atoms with Gasteiger partial charge < -0.3 is 5.11 Å². The first kappa shape index (κ1) is 16.2. The van der Waals surface area contributed by atoms with Crippen LogP contribution in [0.1, 0.15) is 39.2 Å². The SMILES string of the molecule is CC(=O)c1ccc(Cn2ccc(C(=O)C=C(O)c3nn[nH]n3)n2)cc1. The number of Topliss-reactive ketones (excluding diaryl/α,β-unsaturated/α-hetero) is 1. The molecule has 0 amide bonds. The van der Waals surface area contributed by atoms with Crippen LogP contribution in [-0.4, -0.2) is 47.1 Å². The first-order valence-electron chi connectivity index (χ1n) is 7.35. The summed E-state index contributed by atoms with van der Waals surface area (Å²) < 4.78 is 1.59. The molecule has 0 aliphatic carbocycles. The van der Waals surface area contributed by atoms with Gasteiger partial charge >= 0.3 is 0 Å². The van der Waals surface area contributed by atoms with Gasteiger partial charge in [-0.2, -0.15) is 10.3 Å². The van der Waals surface area contributed by atoms with Crippen molar-refractivity contribution in [2.24, 2.45) is 0 Å². The Kier molecular flexibility index (Phi) is 4.46. The van der Waals surface area contributed by atoms with Crippen molar-refractivity contribution >= 4 is 17.3 Å². The third-order valence-electron chi connectivity index (χ3n) is 3.44. The van der Waals surface area contributed by atoms with Gasteiger partial charge in [0, 0.05) is 17.8 Å². The number of aliphatic hydroxyl groups is 1. The van der Waals surface area contributed by atoms with Crippen molar-refractivity contribution in [3.63, 3.8) is 0 Å². The number of benzene rings is 1. The van der Waals surface area contributed by atoms with Crippen LogP contribution in [-0.2, 0) is 6.54 Å². The van der Waals surface area contributed by atoms with Gasteiger partial charge in [-0.3, -0.25) is 14.3 Å². The second-order valence-electron chi connectivity index (χ2n) is 5.28. The number of aliphatic hydroxyl groups excluding tert-OH is 1. The molecule has 0 aliphatic heterocycles. The summed E-state index contributed by atoms with van der Waals surface area (Å²) in [5.74, 6) is -0.939. The molecule has 0 fully saturated rings. The monoisotopic (exact) mass is 338 g/mol. The highest BCUT2D eigenvalue weighted by molar-refractivity contribution is 6.06. The summed E-state index contributed by atoms with van der Waals surface area (Å²) in [6.45, 7) is 1.96. The maximum atomic E-state index is 12.1. The summed E-state index contributed by atoms with van der Waals surface area (Å²) in [4.78, 5) is 23.4. The number of carbonyl (C=O) groups excluding carboxylic acids is 2. The van der Waals surface area contributed by atoms with Crippen molar-refractivity contribution < 1.29 is 14.7 Å².